The van der Waals surface area contributed by atoms with Gasteiger partial charge in [0.15, 0.2) is 0 Å². The monoisotopic (exact) mass is 318 g/mol. The summed E-state index contributed by atoms with van der Waals surface area (Å²) >= 11 is 0. The first kappa shape index (κ1) is 16.2. The molecule has 2 aliphatic rings. The van der Waals surface area contributed by atoms with Gasteiger partial charge in [-0.25, -0.2) is 0 Å². The molecule has 0 N–H and O–H groups in total. The van der Waals surface area contributed by atoms with E-state index >= 15 is 0 Å². The minimum Gasteiger partial charge on any atom is -0.490 e. The zero-order valence-electron chi connectivity index (χ0n) is 13.7. The number of aromatic nitrogens is 1. The SMILES string of the molecule is O=C(C1CCCC1)N1CCC(OCCOc2cccnc2)CC1. The van der Waals surface area contributed by atoms with E-state index in [1.165, 1.54) is 12.8 Å². The third-order valence-electron chi connectivity index (χ3n) is 4.80. The van der Waals surface area contributed by atoms with E-state index in [1.807, 2.05) is 17.0 Å². The molecule has 3 rings (SSSR count). The average Bonchev–Trinajstić information content (AvgIpc) is 3.14. The molecule has 1 aromatic heterocycles. The number of hydrogen-bond donors (Lipinski definition) is 0. The van der Waals surface area contributed by atoms with Crippen molar-refractivity contribution >= 4 is 5.91 Å². The van der Waals surface area contributed by atoms with E-state index in [9.17, 15) is 4.79 Å². The number of pyridine rings is 1. The van der Waals surface area contributed by atoms with Crippen molar-refractivity contribution in [2.24, 2.45) is 5.92 Å². The van der Waals surface area contributed by atoms with Gasteiger partial charge in [0.1, 0.15) is 12.4 Å². The van der Waals surface area contributed by atoms with Crippen LogP contribution in [-0.2, 0) is 9.53 Å². The Morgan fingerprint density at radius 2 is 1.96 bits per heavy atom. The molecule has 5 nitrogen and oxygen atoms in total. The molecule has 0 spiro atoms. The van der Waals surface area contributed by atoms with E-state index in [2.05, 4.69) is 4.98 Å². The molecule has 0 radical (unpaired) electrons. The van der Waals surface area contributed by atoms with Gasteiger partial charge in [-0.15, -0.1) is 0 Å². The Labute approximate surface area is 138 Å². The fourth-order valence-electron chi connectivity index (χ4n) is 3.48. The summed E-state index contributed by atoms with van der Waals surface area (Å²) in [7, 11) is 0. The lowest BCUT2D eigenvalue weighted by atomic mass is 10.0. The smallest absolute Gasteiger partial charge is 0.225 e. The number of ether oxygens (including phenoxy) is 2. The number of rotatable bonds is 6. The van der Waals surface area contributed by atoms with Crippen LogP contribution in [0.4, 0.5) is 0 Å². The Morgan fingerprint density at radius 3 is 2.65 bits per heavy atom. The molecule has 1 saturated carbocycles. The van der Waals surface area contributed by atoms with Gasteiger partial charge in [0.25, 0.3) is 0 Å². The number of amides is 1. The van der Waals surface area contributed by atoms with Crippen molar-refractivity contribution in [2.45, 2.75) is 44.6 Å². The predicted molar refractivity (Wildman–Crippen MR) is 87.2 cm³/mol. The Balaban J connectivity index is 1.31. The van der Waals surface area contributed by atoms with E-state index in [4.69, 9.17) is 9.47 Å². The average molecular weight is 318 g/mol. The van der Waals surface area contributed by atoms with Crippen molar-refractivity contribution in [3.8, 4) is 5.75 Å². The summed E-state index contributed by atoms with van der Waals surface area (Å²) < 4.78 is 11.4. The summed E-state index contributed by atoms with van der Waals surface area (Å²) in [6.45, 7) is 2.79. The van der Waals surface area contributed by atoms with Crippen LogP contribution in [0.1, 0.15) is 38.5 Å². The third-order valence-corrected chi connectivity index (χ3v) is 4.80. The second kappa shape index (κ2) is 8.29. The molecule has 2 heterocycles. The summed E-state index contributed by atoms with van der Waals surface area (Å²) in [5.74, 6) is 1.44. The van der Waals surface area contributed by atoms with E-state index in [1.54, 1.807) is 12.4 Å². The Kier molecular flexibility index (Phi) is 5.86. The third kappa shape index (κ3) is 4.67. The first-order valence-electron chi connectivity index (χ1n) is 8.76. The first-order valence-corrected chi connectivity index (χ1v) is 8.76. The van der Waals surface area contributed by atoms with Crippen LogP contribution in [0.25, 0.3) is 0 Å². The standard InChI is InChI=1S/C18H26N2O3/c21-18(15-4-1-2-5-15)20-10-7-16(8-11-20)22-12-13-23-17-6-3-9-19-14-17/h3,6,9,14-16H,1-2,4-5,7-8,10-13H2. The second-order valence-electron chi connectivity index (χ2n) is 6.41. The molecule has 0 bridgehead atoms. The Hall–Kier alpha value is -1.62. The summed E-state index contributed by atoms with van der Waals surface area (Å²) in [6.07, 6.45) is 10.1. The van der Waals surface area contributed by atoms with Gasteiger partial charge in [0.05, 0.1) is 18.9 Å². The summed E-state index contributed by atoms with van der Waals surface area (Å²) in [6, 6.07) is 3.74. The molecule has 126 valence electrons. The van der Waals surface area contributed by atoms with Crippen molar-refractivity contribution in [1.82, 2.24) is 9.88 Å². The fourth-order valence-corrected chi connectivity index (χ4v) is 3.48. The first-order chi connectivity index (χ1) is 11.3. The highest BCUT2D eigenvalue weighted by Gasteiger charge is 2.30. The van der Waals surface area contributed by atoms with Gasteiger partial charge in [-0.1, -0.05) is 12.8 Å². The van der Waals surface area contributed by atoms with Crippen LogP contribution in [0.15, 0.2) is 24.5 Å². The molecular weight excluding hydrogens is 292 g/mol. The normalized spacial score (nSPS) is 19.9. The number of nitrogens with zero attached hydrogens (tertiary/aromatic N) is 2. The maximum Gasteiger partial charge on any atom is 0.225 e. The number of carbonyl (C=O) groups is 1. The molecule has 1 amide bonds. The van der Waals surface area contributed by atoms with E-state index < -0.39 is 0 Å². The van der Waals surface area contributed by atoms with Crippen molar-refractivity contribution in [3.05, 3.63) is 24.5 Å². The van der Waals surface area contributed by atoms with Crippen molar-refractivity contribution < 1.29 is 14.3 Å². The molecule has 1 aromatic rings. The highest BCUT2D eigenvalue weighted by atomic mass is 16.5. The van der Waals surface area contributed by atoms with E-state index in [0.717, 1.165) is 44.5 Å². The zero-order chi connectivity index (χ0) is 15.9. The molecular formula is C18H26N2O3. The second-order valence-corrected chi connectivity index (χ2v) is 6.41. The van der Waals surface area contributed by atoms with Gasteiger partial charge >= 0.3 is 0 Å². The van der Waals surface area contributed by atoms with Crippen LogP contribution < -0.4 is 4.74 Å². The van der Waals surface area contributed by atoms with E-state index in [-0.39, 0.29) is 6.10 Å². The fraction of sp³-hybridized carbons (Fsp3) is 0.667. The van der Waals surface area contributed by atoms with Crippen molar-refractivity contribution in [3.63, 3.8) is 0 Å². The van der Waals surface area contributed by atoms with Gasteiger partial charge in [0, 0.05) is 25.2 Å². The zero-order valence-corrected chi connectivity index (χ0v) is 13.7. The molecule has 1 aliphatic heterocycles. The molecule has 1 saturated heterocycles. The van der Waals surface area contributed by atoms with Gasteiger partial charge in [0.2, 0.25) is 5.91 Å². The number of carbonyl (C=O) groups excluding carboxylic acids is 1. The van der Waals surface area contributed by atoms with Crippen LogP contribution >= 0.6 is 0 Å². The van der Waals surface area contributed by atoms with Crippen LogP contribution in [0, 0.1) is 5.92 Å². The molecule has 23 heavy (non-hydrogen) atoms. The predicted octanol–water partition coefficient (Wildman–Crippen LogP) is 2.66. The molecule has 0 aromatic carbocycles. The quantitative estimate of drug-likeness (QED) is 0.757. The highest BCUT2D eigenvalue weighted by molar-refractivity contribution is 5.79. The highest BCUT2D eigenvalue weighted by Crippen LogP contribution is 2.28. The Morgan fingerprint density at radius 1 is 1.17 bits per heavy atom. The lowest BCUT2D eigenvalue weighted by molar-refractivity contribution is -0.138. The number of piperidine rings is 1. The maximum atomic E-state index is 12.4. The summed E-state index contributed by atoms with van der Waals surface area (Å²) in [5, 5.41) is 0. The van der Waals surface area contributed by atoms with Gasteiger partial charge < -0.3 is 14.4 Å². The Bertz CT molecular complexity index is 480. The maximum absolute atomic E-state index is 12.4. The van der Waals surface area contributed by atoms with Crippen LogP contribution in [0.3, 0.4) is 0 Å². The lowest BCUT2D eigenvalue weighted by Crippen LogP contribution is -2.43. The lowest BCUT2D eigenvalue weighted by Gasteiger charge is -2.33. The van der Waals surface area contributed by atoms with Crippen molar-refractivity contribution in [1.29, 1.82) is 0 Å². The number of likely N-dealkylation sites (tertiary alicyclic amines) is 1. The van der Waals surface area contributed by atoms with Gasteiger partial charge in [-0.3, -0.25) is 9.78 Å². The van der Waals surface area contributed by atoms with Crippen LogP contribution in [-0.4, -0.2) is 48.2 Å². The summed E-state index contributed by atoms with van der Waals surface area (Å²) in [4.78, 5) is 18.4. The topological polar surface area (TPSA) is 51.7 Å². The molecule has 2 fully saturated rings. The number of hydrogen-bond acceptors (Lipinski definition) is 4. The minimum absolute atomic E-state index is 0.250. The summed E-state index contributed by atoms with van der Waals surface area (Å²) in [5.41, 5.74) is 0. The minimum atomic E-state index is 0.250. The molecule has 0 unspecified atom stereocenters. The molecule has 5 heteroatoms. The molecule has 1 aliphatic carbocycles. The van der Waals surface area contributed by atoms with Gasteiger partial charge in [-0.2, -0.15) is 0 Å². The van der Waals surface area contributed by atoms with Crippen LogP contribution in [0.2, 0.25) is 0 Å². The largest absolute Gasteiger partial charge is 0.490 e. The van der Waals surface area contributed by atoms with E-state index in [0.29, 0.717) is 25.0 Å². The van der Waals surface area contributed by atoms with Crippen molar-refractivity contribution in [2.75, 3.05) is 26.3 Å². The molecule has 0 atom stereocenters. The van der Waals surface area contributed by atoms with Crippen LogP contribution in [0.5, 0.6) is 5.75 Å². The van der Waals surface area contributed by atoms with Gasteiger partial charge in [-0.05, 0) is 37.8 Å².